The zero-order valence-corrected chi connectivity index (χ0v) is 11.7. The fourth-order valence-corrected chi connectivity index (χ4v) is 2.26. The molecule has 1 atom stereocenters. The molecule has 1 unspecified atom stereocenters. The molecular weight excluding hydrogens is 228 g/mol. The molecule has 0 spiro atoms. The molecule has 0 saturated carbocycles. The van der Waals surface area contributed by atoms with Gasteiger partial charge in [0.2, 0.25) is 0 Å². The predicted molar refractivity (Wildman–Crippen MR) is 70.6 cm³/mol. The van der Waals surface area contributed by atoms with Crippen molar-refractivity contribution in [1.29, 1.82) is 0 Å². The van der Waals surface area contributed by atoms with Crippen molar-refractivity contribution in [3.05, 3.63) is 23.9 Å². The SMILES string of the molecule is COCCOC[n+]1cccc2c1NC(C)C2(C)C. The molecule has 0 radical (unpaired) electrons. The molecule has 1 aliphatic rings. The van der Waals surface area contributed by atoms with Gasteiger partial charge in [0.05, 0.1) is 25.0 Å². The zero-order chi connectivity index (χ0) is 13.2. The molecule has 2 heterocycles. The Hall–Kier alpha value is -1.13. The number of aromatic nitrogens is 1. The highest BCUT2D eigenvalue weighted by molar-refractivity contribution is 5.52. The molecule has 0 saturated heterocycles. The number of nitrogens with zero attached hydrogens (tertiary/aromatic N) is 1. The highest BCUT2D eigenvalue weighted by Gasteiger charge is 2.43. The summed E-state index contributed by atoms with van der Waals surface area (Å²) in [5, 5.41) is 3.55. The number of fused-ring (bicyclic) bond motifs is 1. The van der Waals surface area contributed by atoms with Gasteiger partial charge in [-0.25, -0.2) is 4.57 Å². The van der Waals surface area contributed by atoms with E-state index < -0.39 is 0 Å². The van der Waals surface area contributed by atoms with Gasteiger partial charge in [0.1, 0.15) is 6.04 Å². The van der Waals surface area contributed by atoms with Crippen molar-refractivity contribution in [3.63, 3.8) is 0 Å². The first-order chi connectivity index (χ1) is 8.57. The standard InChI is InChI=1S/C14H22N2O2/c1-11-14(2,3)12-6-5-7-16(13(12)15-11)10-18-9-8-17-4/h5-7,11H,8-10H2,1-4H3/p+1. The molecule has 100 valence electrons. The molecule has 1 aromatic rings. The van der Waals surface area contributed by atoms with E-state index in [0.29, 0.717) is 26.0 Å². The van der Waals surface area contributed by atoms with Crippen molar-refractivity contribution in [2.75, 3.05) is 25.6 Å². The summed E-state index contributed by atoms with van der Waals surface area (Å²) in [5.41, 5.74) is 1.51. The van der Waals surface area contributed by atoms with Crippen LogP contribution in [0.25, 0.3) is 0 Å². The van der Waals surface area contributed by atoms with Crippen molar-refractivity contribution >= 4 is 5.82 Å². The van der Waals surface area contributed by atoms with Gasteiger partial charge < -0.3 is 9.47 Å². The van der Waals surface area contributed by atoms with Crippen LogP contribution in [0.5, 0.6) is 0 Å². The number of anilines is 1. The Bertz CT molecular complexity index is 418. The summed E-state index contributed by atoms with van der Waals surface area (Å²) in [6, 6.07) is 4.71. The van der Waals surface area contributed by atoms with Gasteiger partial charge in [-0.2, -0.15) is 0 Å². The molecule has 4 nitrogen and oxygen atoms in total. The molecule has 2 rings (SSSR count). The van der Waals surface area contributed by atoms with E-state index in [1.165, 1.54) is 11.4 Å². The minimum Gasteiger partial charge on any atom is -0.382 e. The molecule has 0 amide bonds. The van der Waals surface area contributed by atoms with Crippen LogP contribution in [-0.2, 0) is 21.6 Å². The van der Waals surface area contributed by atoms with Crippen molar-refractivity contribution in [3.8, 4) is 0 Å². The maximum absolute atomic E-state index is 5.59. The number of ether oxygens (including phenoxy) is 2. The van der Waals surface area contributed by atoms with E-state index >= 15 is 0 Å². The fraction of sp³-hybridized carbons (Fsp3) is 0.643. The molecule has 1 aromatic heterocycles. The van der Waals surface area contributed by atoms with Crippen molar-refractivity contribution < 1.29 is 14.0 Å². The van der Waals surface area contributed by atoms with Gasteiger partial charge in [0.25, 0.3) is 5.82 Å². The van der Waals surface area contributed by atoms with Crippen molar-refractivity contribution in [1.82, 2.24) is 0 Å². The second-order valence-electron chi connectivity index (χ2n) is 5.36. The number of nitrogens with one attached hydrogen (secondary N) is 1. The molecule has 0 aromatic carbocycles. The Kier molecular flexibility index (Phi) is 3.88. The number of rotatable bonds is 5. The molecule has 0 aliphatic carbocycles. The lowest BCUT2D eigenvalue weighted by molar-refractivity contribution is -0.720. The van der Waals surface area contributed by atoms with Gasteiger partial charge in [-0.1, -0.05) is 13.8 Å². The van der Waals surface area contributed by atoms with Crippen molar-refractivity contribution in [2.45, 2.75) is 39.0 Å². The molecule has 18 heavy (non-hydrogen) atoms. The van der Waals surface area contributed by atoms with Crippen LogP contribution in [0, 0.1) is 0 Å². The first kappa shape index (κ1) is 13.3. The van der Waals surface area contributed by atoms with Crippen molar-refractivity contribution in [2.24, 2.45) is 0 Å². The summed E-state index contributed by atoms with van der Waals surface area (Å²) in [6.45, 7) is 8.56. The van der Waals surface area contributed by atoms with Crippen LogP contribution < -0.4 is 9.88 Å². The van der Waals surface area contributed by atoms with Crippen LogP contribution in [0.1, 0.15) is 26.3 Å². The Labute approximate surface area is 109 Å². The van der Waals surface area contributed by atoms with Crippen LogP contribution in [-0.4, -0.2) is 26.4 Å². The van der Waals surface area contributed by atoms with E-state index in [-0.39, 0.29) is 5.41 Å². The van der Waals surface area contributed by atoms with Gasteiger partial charge in [0.15, 0.2) is 6.73 Å². The first-order valence-electron chi connectivity index (χ1n) is 6.43. The third-order valence-electron chi connectivity index (χ3n) is 3.86. The second kappa shape index (κ2) is 5.24. The molecule has 0 bridgehead atoms. The van der Waals surface area contributed by atoms with Crippen LogP contribution >= 0.6 is 0 Å². The molecule has 0 fully saturated rings. The summed E-state index contributed by atoms with van der Waals surface area (Å²) in [6.07, 6.45) is 2.05. The van der Waals surface area contributed by atoms with Gasteiger partial charge >= 0.3 is 0 Å². The Morgan fingerprint density at radius 2 is 2.17 bits per heavy atom. The van der Waals surface area contributed by atoms with E-state index in [1.54, 1.807) is 7.11 Å². The maximum atomic E-state index is 5.59. The third-order valence-corrected chi connectivity index (χ3v) is 3.86. The monoisotopic (exact) mass is 251 g/mol. The summed E-state index contributed by atoms with van der Waals surface area (Å²) >= 11 is 0. The summed E-state index contributed by atoms with van der Waals surface area (Å²) in [5.74, 6) is 1.17. The maximum Gasteiger partial charge on any atom is 0.280 e. The lowest BCUT2D eigenvalue weighted by Gasteiger charge is -2.19. The van der Waals surface area contributed by atoms with Crippen LogP contribution in [0.3, 0.4) is 0 Å². The molecule has 1 N–H and O–H groups in total. The lowest BCUT2D eigenvalue weighted by Crippen LogP contribution is -2.38. The topological polar surface area (TPSA) is 34.4 Å². The smallest absolute Gasteiger partial charge is 0.280 e. The molecule has 1 aliphatic heterocycles. The van der Waals surface area contributed by atoms with Crippen LogP contribution in [0.4, 0.5) is 5.82 Å². The molecule has 4 heteroatoms. The van der Waals surface area contributed by atoms with E-state index in [4.69, 9.17) is 9.47 Å². The van der Waals surface area contributed by atoms with E-state index in [9.17, 15) is 0 Å². The van der Waals surface area contributed by atoms with Gasteiger partial charge in [-0.05, 0) is 19.1 Å². The average molecular weight is 251 g/mol. The summed E-state index contributed by atoms with van der Waals surface area (Å²) in [4.78, 5) is 0. The van der Waals surface area contributed by atoms with E-state index in [1.807, 2.05) is 6.20 Å². The zero-order valence-electron chi connectivity index (χ0n) is 11.7. The largest absolute Gasteiger partial charge is 0.382 e. The fourth-order valence-electron chi connectivity index (χ4n) is 2.26. The quantitative estimate of drug-likeness (QED) is 0.639. The number of methoxy groups -OCH3 is 1. The first-order valence-corrected chi connectivity index (χ1v) is 6.43. The lowest BCUT2D eigenvalue weighted by atomic mass is 9.82. The minimum absolute atomic E-state index is 0.158. The number of hydrogen-bond donors (Lipinski definition) is 1. The minimum atomic E-state index is 0.158. The third kappa shape index (κ3) is 2.35. The van der Waals surface area contributed by atoms with Gasteiger partial charge in [-0.3, -0.25) is 5.32 Å². The predicted octanol–water partition coefficient (Wildman–Crippen LogP) is 1.69. The normalized spacial score (nSPS) is 20.6. The Balaban J connectivity index is 2.13. The highest BCUT2D eigenvalue weighted by Crippen LogP contribution is 2.38. The van der Waals surface area contributed by atoms with E-state index in [0.717, 1.165) is 0 Å². The highest BCUT2D eigenvalue weighted by atomic mass is 16.5. The van der Waals surface area contributed by atoms with E-state index in [2.05, 4.69) is 42.8 Å². The average Bonchev–Trinajstić information content (AvgIpc) is 2.58. The summed E-state index contributed by atoms with van der Waals surface area (Å²) < 4.78 is 12.7. The van der Waals surface area contributed by atoms with Crippen LogP contribution in [0.2, 0.25) is 0 Å². The molecular formula is C14H23N2O2+. The second-order valence-corrected chi connectivity index (χ2v) is 5.36. The van der Waals surface area contributed by atoms with Gasteiger partial charge in [0, 0.05) is 12.5 Å². The Morgan fingerprint density at radius 1 is 1.39 bits per heavy atom. The Morgan fingerprint density at radius 3 is 2.89 bits per heavy atom. The number of pyridine rings is 1. The summed E-state index contributed by atoms with van der Waals surface area (Å²) in [7, 11) is 1.68. The number of hydrogen-bond acceptors (Lipinski definition) is 3. The van der Waals surface area contributed by atoms with Gasteiger partial charge in [-0.15, -0.1) is 0 Å². The van der Waals surface area contributed by atoms with Crippen LogP contribution in [0.15, 0.2) is 18.3 Å².